The molecule has 2 bridgehead atoms. The fourth-order valence-electron chi connectivity index (χ4n) is 3.95. The molecule has 3 nitrogen and oxygen atoms in total. The Labute approximate surface area is 120 Å². The lowest BCUT2D eigenvalue weighted by molar-refractivity contribution is -0.136. The normalized spacial score (nSPS) is 31.1. The van der Waals surface area contributed by atoms with Crippen LogP contribution in [0, 0.1) is 17.3 Å². The van der Waals surface area contributed by atoms with Gasteiger partial charge in [-0.05, 0) is 48.4 Å². The summed E-state index contributed by atoms with van der Waals surface area (Å²) in [6, 6.07) is 8.22. The summed E-state index contributed by atoms with van der Waals surface area (Å²) < 4.78 is 5.18. The number of methoxy groups -OCH3 is 1. The van der Waals surface area contributed by atoms with Crippen molar-refractivity contribution in [2.75, 3.05) is 12.4 Å². The SMILES string of the molecule is COc1ccc(NC2C3CCC(CC3=O)C2(C)C)cc1. The molecule has 0 aliphatic heterocycles. The van der Waals surface area contributed by atoms with E-state index in [0.29, 0.717) is 11.7 Å². The Morgan fingerprint density at radius 1 is 1.20 bits per heavy atom. The number of benzene rings is 1. The standard InChI is InChI=1S/C17H23NO2/c1-17(2)11-4-9-14(15(19)10-11)16(17)18-12-5-7-13(20-3)8-6-12/h5-8,11,14,16,18H,4,9-10H2,1-3H3. The minimum Gasteiger partial charge on any atom is -0.497 e. The highest BCUT2D eigenvalue weighted by Crippen LogP contribution is 2.51. The molecule has 0 aromatic heterocycles. The zero-order chi connectivity index (χ0) is 14.3. The molecule has 4 rings (SSSR count). The van der Waals surface area contributed by atoms with E-state index in [4.69, 9.17) is 4.74 Å². The van der Waals surface area contributed by atoms with Crippen molar-refractivity contribution in [1.29, 1.82) is 0 Å². The molecule has 1 N–H and O–H groups in total. The number of hydrogen-bond donors (Lipinski definition) is 1. The molecule has 3 saturated carbocycles. The molecule has 0 spiro atoms. The molecule has 3 fully saturated rings. The average molecular weight is 273 g/mol. The molecular weight excluding hydrogens is 250 g/mol. The van der Waals surface area contributed by atoms with Gasteiger partial charge in [0, 0.05) is 24.1 Å². The van der Waals surface area contributed by atoms with Crippen LogP contribution < -0.4 is 10.1 Å². The van der Waals surface area contributed by atoms with Crippen molar-refractivity contribution in [1.82, 2.24) is 0 Å². The Kier molecular flexibility index (Phi) is 3.23. The van der Waals surface area contributed by atoms with Crippen molar-refractivity contribution in [3.63, 3.8) is 0 Å². The van der Waals surface area contributed by atoms with E-state index in [1.807, 2.05) is 24.3 Å². The predicted molar refractivity (Wildman–Crippen MR) is 80.0 cm³/mol. The zero-order valence-electron chi connectivity index (χ0n) is 12.5. The van der Waals surface area contributed by atoms with Crippen LogP contribution in [0.3, 0.4) is 0 Å². The van der Waals surface area contributed by atoms with Crippen LogP contribution in [0.25, 0.3) is 0 Å². The Morgan fingerprint density at radius 2 is 1.90 bits per heavy atom. The van der Waals surface area contributed by atoms with Gasteiger partial charge < -0.3 is 10.1 Å². The third kappa shape index (κ3) is 2.09. The third-order valence-corrected chi connectivity index (χ3v) is 5.36. The molecule has 0 heterocycles. The predicted octanol–water partition coefficient (Wildman–Crippen LogP) is 3.50. The van der Waals surface area contributed by atoms with Crippen molar-refractivity contribution in [2.45, 2.75) is 39.2 Å². The van der Waals surface area contributed by atoms with Crippen molar-refractivity contribution < 1.29 is 9.53 Å². The average Bonchev–Trinajstić information content (AvgIpc) is 2.44. The van der Waals surface area contributed by atoms with E-state index in [1.54, 1.807) is 7.11 Å². The zero-order valence-corrected chi connectivity index (χ0v) is 12.5. The number of anilines is 1. The maximum atomic E-state index is 12.2. The van der Waals surface area contributed by atoms with Gasteiger partial charge in [-0.15, -0.1) is 0 Å². The summed E-state index contributed by atoms with van der Waals surface area (Å²) in [5.41, 5.74) is 1.25. The van der Waals surface area contributed by atoms with Crippen LogP contribution in [0.2, 0.25) is 0 Å². The Hall–Kier alpha value is -1.51. The molecule has 108 valence electrons. The maximum Gasteiger partial charge on any atom is 0.138 e. The third-order valence-electron chi connectivity index (χ3n) is 5.36. The molecule has 20 heavy (non-hydrogen) atoms. The van der Waals surface area contributed by atoms with Crippen LogP contribution in [-0.2, 0) is 4.79 Å². The second-order valence-corrected chi connectivity index (χ2v) is 6.72. The fourth-order valence-corrected chi connectivity index (χ4v) is 3.95. The van der Waals surface area contributed by atoms with Crippen molar-refractivity contribution >= 4 is 11.5 Å². The highest BCUT2D eigenvalue weighted by molar-refractivity contribution is 5.84. The van der Waals surface area contributed by atoms with E-state index in [2.05, 4.69) is 19.2 Å². The molecule has 3 aliphatic rings. The van der Waals surface area contributed by atoms with Gasteiger partial charge in [-0.2, -0.15) is 0 Å². The first kappa shape index (κ1) is 13.5. The van der Waals surface area contributed by atoms with Crippen LogP contribution in [0.1, 0.15) is 33.1 Å². The Morgan fingerprint density at radius 3 is 2.50 bits per heavy atom. The lowest BCUT2D eigenvalue weighted by Crippen LogP contribution is -2.57. The van der Waals surface area contributed by atoms with Crippen LogP contribution in [0.4, 0.5) is 5.69 Å². The molecule has 0 amide bonds. The van der Waals surface area contributed by atoms with Gasteiger partial charge >= 0.3 is 0 Å². The molecule has 1 aromatic rings. The minimum atomic E-state index is 0.177. The van der Waals surface area contributed by atoms with Gasteiger partial charge in [0.15, 0.2) is 0 Å². The minimum absolute atomic E-state index is 0.177. The number of nitrogens with one attached hydrogen (secondary N) is 1. The number of rotatable bonds is 3. The van der Waals surface area contributed by atoms with Gasteiger partial charge in [-0.3, -0.25) is 4.79 Å². The summed E-state index contributed by atoms with van der Waals surface area (Å²) in [5.74, 6) is 2.01. The van der Waals surface area contributed by atoms with Crippen molar-refractivity contribution in [2.24, 2.45) is 17.3 Å². The molecule has 3 aliphatic carbocycles. The van der Waals surface area contributed by atoms with Gasteiger partial charge in [-0.1, -0.05) is 13.8 Å². The molecule has 0 saturated heterocycles. The number of Topliss-reactive ketones (excluding diaryl/α,β-unsaturated/α-hetero) is 1. The smallest absolute Gasteiger partial charge is 0.138 e. The summed E-state index contributed by atoms with van der Waals surface area (Å²) in [6.45, 7) is 4.61. The summed E-state index contributed by atoms with van der Waals surface area (Å²) >= 11 is 0. The van der Waals surface area contributed by atoms with E-state index in [0.717, 1.165) is 24.3 Å². The maximum absolute atomic E-state index is 12.2. The molecule has 3 heteroatoms. The van der Waals surface area contributed by atoms with Gasteiger partial charge in [-0.25, -0.2) is 0 Å². The van der Waals surface area contributed by atoms with Crippen molar-refractivity contribution in [3.05, 3.63) is 24.3 Å². The topological polar surface area (TPSA) is 38.3 Å². The van der Waals surface area contributed by atoms with Gasteiger partial charge in [0.1, 0.15) is 11.5 Å². The summed E-state index contributed by atoms with van der Waals surface area (Å²) in [4.78, 5) is 12.2. The quantitative estimate of drug-likeness (QED) is 0.916. The van der Waals surface area contributed by atoms with Crippen LogP contribution in [-0.4, -0.2) is 18.9 Å². The number of hydrogen-bond acceptors (Lipinski definition) is 3. The highest BCUT2D eigenvalue weighted by atomic mass is 16.5. The summed E-state index contributed by atoms with van der Waals surface area (Å²) in [7, 11) is 1.67. The van der Waals surface area contributed by atoms with Crippen LogP contribution in [0.15, 0.2) is 24.3 Å². The van der Waals surface area contributed by atoms with Crippen molar-refractivity contribution in [3.8, 4) is 5.75 Å². The molecule has 1 aromatic carbocycles. The number of fused-ring (bicyclic) bond motifs is 3. The van der Waals surface area contributed by atoms with E-state index >= 15 is 0 Å². The monoisotopic (exact) mass is 273 g/mol. The van der Waals surface area contributed by atoms with E-state index in [-0.39, 0.29) is 17.4 Å². The van der Waals surface area contributed by atoms with E-state index in [1.165, 1.54) is 6.42 Å². The van der Waals surface area contributed by atoms with E-state index in [9.17, 15) is 4.79 Å². The van der Waals surface area contributed by atoms with Crippen LogP contribution in [0.5, 0.6) is 5.75 Å². The number of ether oxygens (including phenoxy) is 1. The van der Waals surface area contributed by atoms with E-state index < -0.39 is 0 Å². The Balaban J connectivity index is 1.82. The molecular formula is C17H23NO2. The summed E-state index contributed by atoms with van der Waals surface area (Å²) in [5, 5.41) is 3.61. The van der Waals surface area contributed by atoms with Gasteiger partial charge in [0.05, 0.1) is 7.11 Å². The van der Waals surface area contributed by atoms with Gasteiger partial charge in [0.2, 0.25) is 0 Å². The number of ketones is 1. The van der Waals surface area contributed by atoms with Crippen LogP contribution >= 0.6 is 0 Å². The lowest BCUT2D eigenvalue weighted by atomic mass is 9.54. The second kappa shape index (κ2) is 4.80. The first-order valence-electron chi connectivity index (χ1n) is 7.45. The van der Waals surface area contributed by atoms with Gasteiger partial charge in [0.25, 0.3) is 0 Å². The molecule has 3 atom stereocenters. The second-order valence-electron chi connectivity index (χ2n) is 6.72. The largest absolute Gasteiger partial charge is 0.497 e. The summed E-state index contributed by atoms with van der Waals surface area (Å²) in [6.07, 6.45) is 3.02. The number of carbonyl (C=O) groups excluding carboxylic acids is 1. The first-order valence-corrected chi connectivity index (χ1v) is 7.45. The molecule has 0 radical (unpaired) electrons. The fraction of sp³-hybridized carbons (Fsp3) is 0.588. The number of carbonyl (C=O) groups is 1. The molecule has 3 unspecified atom stereocenters. The highest BCUT2D eigenvalue weighted by Gasteiger charge is 2.52. The first-order chi connectivity index (χ1) is 9.52. The lowest BCUT2D eigenvalue weighted by Gasteiger charge is -2.53. The Bertz CT molecular complexity index is 506.